The fourth-order valence-electron chi connectivity index (χ4n) is 1.76. The van der Waals surface area contributed by atoms with Crippen molar-refractivity contribution in [2.75, 3.05) is 6.54 Å². The lowest BCUT2D eigenvalue weighted by Gasteiger charge is -2.20. The van der Waals surface area contributed by atoms with E-state index in [4.69, 9.17) is 11.6 Å². The molecule has 19 heavy (non-hydrogen) atoms. The van der Waals surface area contributed by atoms with Crippen molar-refractivity contribution in [3.63, 3.8) is 0 Å². The predicted molar refractivity (Wildman–Crippen MR) is 76.1 cm³/mol. The van der Waals surface area contributed by atoms with Crippen LogP contribution in [0, 0.1) is 5.82 Å². The maximum atomic E-state index is 13.1. The van der Waals surface area contributed by atoms with Gasteiger partial charge in [-0.15, -0.1) is 11.3 Å². The zero-order chi connectivity index (χ0) is 13.8. The number of nitrogens with zero attached hydrogens (tertiary/aromatic N) is 1. The van der Waals surface area contributed by atoms with Crippen LogP contribution in [0.15, 0.2) is 36.4 Å². The molecule has 1 amide bonds. The minimum atomic E-state index is -0.402. The minimum Gasteiger partial charge on any atom is -0.334 e. The lowest BCUT2D eigenvalue weighted by atomic mass is 10.2. The maximum absolute atomic E-state index is 13.1. The fourth-order valence-corrected chi connectivity index (χ4v) is 2.86. The molecule has 0 radical (unpaired) electrons. The Morgan fingerprint density at radius 1 is 1.37 bits per heavy atom. The lowest BCUT2D eigenvalue weighted by molar-refractivity contribution is 0.0753. The summed E-state index contributed by atoms with van der Waals surface area (Å²) < 4.78 is 13.8. The molecule has 2 rings (SSSR count). The van der Waals surface area contributed by atoms with Crippen LogP contribution >= 0.6 is 22.9 Å². The molecule has 0 unspecified atom stereocenters. The quantitative estimate of drug-likeness (QED) is 0.828. The highest BCUT2D eigenvalue weighted by Crippen LogP contribution is 2.23. The molecular weight excluding hydrogens is 285 g/mol. The molecule has 1 aromatic carbocycles. The molecule has 0 saturated heterocycles. The first-order valence-electron chi connectivity index (χ1n) is 5.89. The van der Waals surface area contributed by atoms with Gasteiger partial charge in [-0.3, -0.25) is 4.79 Å². The van der Waals surface area contributed by atoms with Crippen molar-refractivity contribution >= 4 is 28.8 Å². The van der Waals surface area contributed by atoms with Crippen LogP contribution in [0.2, 0.25) is 4.34 Å². The van der Waals surface area contributed by atoms with Gasteiger partial charge in [0.05, 0.1) is 10.9 Å². The monoisotopic (exact) mass is 297 g/mol. The van der Waals surface area contributed by atoms with E-state index >= 15 is 0 Å². The van der Waals surface area contributed by atoms with Crippen LogP contribution in [-0.4, -0.2) is 17.4 Å². The zero-order valence-corrected chi connectivity index (χ0v) is 12.0. The van der Waals surface area contributed by atoms with Gasteiger partial charge in [0, 0.05) is 17.0 Å². The molecule has 2 nitrogen and oxygen atoms in total. The topological polar surface area (TPSA) is 20.3 Å². The number of carbonyl (C=O) groups is 1. The Labute approximate surface area is 120 Å². The molecule has 0 bridgehead atoms. The second-order valence-corrected chi connectivity index (χ2v) is 5.84. The molecule has 2 aromatic rings. The van der Waals surface area contributed by atoms with Crippen LogP contribution in [0.25, 0.3) is 0 Å². The van der Waals surface area contributed by atoms with Gasteiger partial charge in [0.15, 0.2) is 0 Å². The van der Waals surface area contributed by atoms with Gasteiger partial charge in [0.25, 0.3) is 5.91 Å². The maximum Gasteiger partial charge on any atom is 0.254 e. The summed E-state index contributed by atoms with van der Waals surface area (Å²) in [6.07, 6.45) is 0. The van der Waals surface area contributed by atoms with Gasteiger partial charge in [0.2, 0.25) is 0 Å². The molecule has 0 N–H and O–H groups in total. The highest BCUT2D eigenvalue weighted by Gasteiger charge is 2.15. The van der Waals surface area contributed by atoms with E-state index in [9.17, 15) is 9.18 Å². The van der Waals surface area contributed by atoms with Crippen LogP contribution in [0.5, 0.6) is 0 Å². The van der Waals surface area contributed by atoms with Gasteiger partial charge < -0.3 is 4.90 Å². The van der Waals surface area contributed by atoms with Crippen LogP contribution in [0.3, 0.4) is 0 Å². The molecule has 0 atom stereocenters. The van der Waals surface area contributed by atoms with Gasteiger partial charge in [-0.25, -0.2) is 4.39 Å². The Hall–Kier alpha value is -1.39. The Bertz CT molecular complexity index is 584. The van der Waals surface area contributed by atoms with Gasteiger partial charge in [-0.05, 0) is 37.3 Å². The summed E-state index contributed by atoms with van der Waals surface area (Å²) in [7, 11) is 0. The number of hydrogen-bond acceptors (Lipinski definition) is 2. The minimum absolute atomic E-state index is 0.175. The average Bonchev–Trinajstić information content (AvgIpc) is 2.81. The van der Waals surface area contributed by atoms with E-state index in [1.165, 1.54) is 23.5 Å². The Morgan fingerprint density at radius 3 is 2.74 bits per heavy atom. The first kappa shape index (κ1) is 14.0. The standard InChI is InChI=1S/C14H13ClFNOS/c1-2-17(9-12-6-7-13(15)19-12)14(18)10-4-3-5-11(16)8-10/h3-8H,2,9H2,1H3. The summed E-state index contributed by atoms with van der Waals surface area (Å²) in [4.78, 5) is 14.9. The van der Waals surface area contributed by atoms with E-state index in [0.717, 1.165) is 4.88 Å². The van der Waals surface area contributed by atoms with Crippen LogP contribution in [0.4, 0.5) is 4.39 Å². The molecule has 0 spiro atoms. The number of thiophene rings is 1. The predicted octanol–water partition coefficient (Wildman–Crippen LogP) is 4.20. The third kappa shape index (κ3) is 3.55. The van der Waals surface area contributed by atoms with E-state index < -0.39 is 5.82 Å². The molecule has 0 saturated carbocycles. The number of benzene rings is 1. The largest absolute Gasteiger partial charge is 0.334 e. The zero-order valence-electron chi connectivity index (χ0n) is 10.4. The van der Waals surface area contributed by atoms with Gasteiger partial charge in [-0.1, -0.05) is 17.7 Å². The molecule has 1 heterocycles. The van der Waals surface area contributed by atoms with Gasteiger partial charge in [0.1, 0.15) is 5.82 Å². The van der Waals surface area contributed by atoms with E-state index in [2.05, 4.69) is 0 Å². The molecule has 0 aliphatic rings. The van der Waals surface area contributed by atoms with Crippen molar-refractivity contribution in [1.82, 2.24) is 4.90 Å². The Morgan fingerprint density at radius 2 is 2.16 bits per heavy atom. The number of halogens is 2. The Kier molecular flexibility index (Phi) is 4.56. The summed E-state index contributed by atoms with van der Waals surface area (Å²) >= 11 is 7.31. The number of rotatable bonds is 4. The second kappa shape index (κ2) is 6.17. The molecule has 0 aliphatic heterocycles. The number of carbonyl (C=O) groups excluding carboxylic acids is 1. The third-order valence-electron chi connectivity index (χ3n) is 2.72. The number of amides is 1. The molecule has 5 heteroatoms. The number of hydrogen-bond donors (Lipinski definition) is 0. The normalized spacial score (nSPS) is 10.5. The summed E-state index contributed by atoms with van der Waals surface area (Å²) in [5.74, 6) is -0.576. The van der Waals surface area contributed by atoms with Crippen molar-refractivity contribution in [3.8, 4) is 0 Å². The SMILES string of the molecule is CCN(Cc1ccc(Cl)s1)C(=O)c1cccc(F)c1. The summed E-state index contributed by atoms with van der Waals surface area (Å²) in [5, 5.41) is 0. The van der Waals surface area contributed by atoms with E-state index in [0.29, 0.717) is 23.0 Å². The lowest BCUT2D eigenvalue weighted by Crippen LogP contribution is -2.30. The summed E-state index contributed by atoms with van der Waals surface area (Å²) in [6, 6.07) is 9.45. The third-order valence-corrected chi connectivity index (χ3v) is 3.93. The molecule has 0 fully saturated rings. The first-order valence-corrected chi connectivity index (χ1v) is 7.08. The van der Waals surface area contributed by atoms with Crippen molar-refractivity contribution in [2.24, 2.45) is 0 Å². The van der Waals surface area contributed by atoms with Crippen LogP contribution in [-0.2, 0) is 6.54 Å². The van der Waals surface area contributed by atoms with Crippen LogP contribution in [0.1, 0.15) is 22.2 Å². The summed E-state index contributed by atoms with van der Waals surface area (Å²) in [5.41, 5.74) is 0.365. The second-order valence-electron chi connectivity index (χ2n) is 4.04. The van der Waals surface area contributed by atoms with E-state index in [1.54, 1.807) is 17.0 Å². The van der Waals surface area contributed by atoms with Crippen molar-refractivity contribution in [2.45, 2.75) is 13.5 Å². The molecular formula is C14H13ClFNOS. The highest BCUT2D eigenvalue weighted by molar-refractivity contribution is 7.16. The van der Waals surface area contributed by atoms with Crippen molar-refractivity contribution < 1.29 is 9.18 Å². The van der Waals surface area contributed by atoms with E-state index in [1.807, 2.05) is 19.1 Å². The molecule has 100 valence electrons. The first-order chi connectivity index (χ1) is 9.10. The van der Waals surface area contributed by atoms with Crippen LogP contribution < -0.4 is 0 Å². The Balaban J connectivity index is 2.15. The van der Waals surface area contributed by atoms with Crippen molar-refractivity contribution in [3.05, 3.63) is 57.0 Å². The highest BCUT2D eigenvalue weighted by atomic mass is 35.5. The summed E-state index contributed by atoms with van der Waals surface area (Å²) in [6.45, 7) is 2.94. The van der Waals surface area contributed by atoms with E-state index in [-0.39, 0.29) is 5.91 Å². The fraction of sp³-hybridized carbons (Fsp3) is 0.214. The van der Waals surface area contributed by atoms with Gasteiger partial charge in [-0.2, -0.15) is 0 Å². The average molecular weight is 298 g/mol. The van der Waals surface area contributed by atoms with Crippen molar-refractivity contribution in [1.29, 1.82) is 0 Å². The smallest absolute Gasteiger partial charge is 0.254 e. The van der Waals surface area contributed by atoms with Gasteiger partial charge >= 0.3 is 0 Å². The molecule has 0 aliphatic carbocycles. The molecule has 1 aromatic heterocycles.